The average Bonchev–Trinajstić information content (AvgIpc) is 3.34. The van der Waals surface area contributed by atoms with E-state index in [1.807, 2.05) is 24.7 Å². The molecule has 1 aliphatic heterocycles. The van der Waals surface area contributed by atoms with Crippen molar-refractivity contribution in [3.05, 3.63) is 69.9 Å². The lowest BCUT2D eigenvalue weighted by Gasteiger charge is -2.35. The maximum atomic E-state index is 13.8. The number of piperazine rings is 1. The third-order valence-corrected chi connectivity index (χ3v) is 6.10. The molecule has 0 radical (unpaired) electrons. The Labute approximate surface area is 179 Å². The molecule has 2 amide bonds. The van der Waals surface area contributed by atoms with E-state index in [4.69, 9.17) is 0 Å². The van der Waals surface area contributed by atoms with Crippen molar-refractivity contribution < 1.29 is 9.18 Å². The number of urea groups is 1. The summed E-state index contributed by atoms with van der Waals surface area (Å²) >= 11 is 1.66. The fourth-order valence-electron chi connectivity index (χ4n) is 3.67. The van der Waals surface area contributed by atoms with Crippen LogP contribution in [0.3, 0.4) is 0 Å². The number of nitrogens with zero attached hydrogens (tertiary/aromatic N) is 5. The van der Waals surface area contributed by atoms with Gasteiger partial charge in [-0.15, -0.1) is 11.3 Å². The molecule has 1 aromatic carbocycles. The first kappa shape index (κ1) is 20.5. The second-order valence-electron chi connectivity index (χ2n) is 7.45. The first-order valence-electron chi connectivity index (χ1n) is 9.91. The number of aromatic nitrogens is 3. The average molecular weight is 429 g/mol. The lowest BCUT2D eigenvalue weighted by atomic mass is 10.1. The molecule has 7 nitrogen and oxygen atoms in total. The minimum absolute atomic E-state index is 0.170. The first-order valence-corrected chi connectivity index (χ1v) is 10.8. The second kappa shape index (κ2) is 8.93. The smallest absolute Gasteiger partial charge is 0.318 e. The molecule has 0 aliphatic carbocycles. The third-order valence-electron chi connectivity index (χ3n) is 5.28. The van der Waals surface area contributed by atoms with Gasteiger partial charge in [-0.2, -0.15) is 0 Å². The minimum atomic E-state index is -0.524. The van der Waals surface area contributed by atoms with E-state index in [-0.39, 0.29) is 11.8 Å². The number of halogens is 1. The summed E-state index contributed by atoms with van der Waals surface area (Å²) in [4.78, 5) is 26.0. The van der Waals surface area contributed by atoms with Crippen LogP contribution in [0.25, 0.3) is 0 Å². The number of benzene rings is 1. The van der Waals surface area contributed by atoms with Crippen LogP contribution in [0.15, 0.2) is 42.0 Å². The highest BCUT2D eigenvalue weighted by molar-refractivity contribution is 7.09. The minimum Gasteiger partial charge on any atom is -0.336 e. The topological polar surface area (TPSA) is 66.3 Å². The van der Waals surface area contributed by atoms with Gasteiger partial charge in [-0.05, 0) is 24.6 Å². The molecule has 1 atom stereocenters. The fourth-order valence-corrected chi connectivity index (χ4v) is 4.28. The van der Waals surface area contributed by atoms with Crippen molar-refractivity contribution in [2.24, 2.45) is 7.05 Å². The van der Waals surface area contributed by atoms with Crippen LogP contribution in [0.5, 0.6) is 0 Å². The van der Waals surface area contributed by atoms with Crippen LogP contribution in [0.1, 0.15) is 28.1 Å². The molecule has 1 unspecified atom stereocenters. The maximum absolute atomic E-state index is 13.8. The molecular weight excluding hydrogens is 403 g/mol. The molecule has 1 aliphatic rings. The lowest BCUT2D eigenvalue weighted by Crippen LogP contribution is -2.52. The number of nitrogens with one attached hydrogen (secondary N) is 1. The molecule has 3 aromatic rings. The molecule has 1 fully saturated rings. The Hall–Kier alpha value is -2.78. The van der Waals surface area contributed by atoms with Gasteiger partial charge in [-0.1, -0.05) is 12.1 Å². The fraction of sp³-hybridized carbons (Fsp3) is 0.381. The van der Waals surface area contributed by atoms with Crippen LogP contribution in [-0.4, -0.2) is 56.5 Å². The molecule has 0 spiro atoms. The second-order valence-corrected chi connectivity index (χ2v) is 8.52. The number of aryl methyl sites for hydroxylation is 2. The van der Waals surface area contributed by atoms with Gasteiger partial charge in [0.05, 0.1) is 10.7 Å². The maximum Gasteiger partial charge on any atom is 0.318 e. The Morgan fingerprint density at radius 2 is 2.10 bits per heavy atom. The summed E-state index contributed by atoms with van der Waals surface area (Å²) in [5.74, 6) is 0.318. The van der Waals surface area contributed by atoms with Gasteiger partial charge < -0.3 is 14.8 Å². The van der Waals surface area contributed by atoms with E-state index in [9.17, 15) is 9.18 Å². The van der Waals surface area contributed by atoms with Gasteiger partial charge in [0.25, 0.3) is 0 Å². The molecule has 1 N–H and O–H groups in total. The summed E-state index contributed by atoms with van der Waals surface area (Å²) in [5, 5.41) is 6.21. The molecule has 158 valence electrons. The number of hydrogen-bond acceptors (Lipinski definition) is 5. The number of amides is 2. The SMILES string of the molecule is Cc1nc(CN2CCN(C(=O)NC(c3cccc(F)c3)c3nccn3C)CC2)cs1. The number of imidazole rings is 1. The molecule has 30 heavy (non-hydrogen) atoms. The van der Waals surface area contributed by atoms with Crippen molar-refractivity contribution in [2.75, 3.05) is 26.2 Å². The predicted octanol–water partition coefficient (Wildman–Crippen LogP) is 2.94. The molecule has 0 bridgehead atoms. The lowest BCUT2D eigenvalue weighted by molar-refractivity contribution is 0.133. The normalized spacial score (nSPS) is 15.9. The van der Waals surface area contributed by atoms with Crippen LogP contribution in [0.2, 0.25) is 0 Å². The standard InChI is InChI=1S/C21H25FN6OS/c1-15-24-18(14-30-15)13-27-8-10-28(11-9-27)21(29)25-19(20-23-6-7-26(20)2)16-4-3-5-17(22)12-16/h3-7,12,14,19H,8-11,13H2,1-2H3,(H,25,29). The largest absolute Gasteiger partial charge is 0.336 e. The quantitative estimate of drug-likeness (QED) is 0.679. The summed E-state index contributed by atoms with van der Waals surface area (Å²) in [7, 11) is 1.86. The van der Waals surface area contributed by atoms with Crippen LogP contribution in [0.4, 0.5) is 9.18 Å². The van der Waals surface area contributed by atoms with Crippen molar-refractivity contribution in [1.82, 2.24) is 29.7 Å². The van der Waals surface area contributed by atoms with E-state index >= 15 is 0 Å². The number of carbonyl (C=O) groups excluding carboxylic acids is 1. The Kier molecular flexibility index (Phi) is 6.10. The van der Waals surface area contributed by atoms with Gasteiger partial charge >= 0.3 is 6.03 Å². The summed E-state index contributed by atoms with van der Waals surface area (Å²) in [5.41, 5.74) is 1.74. The first-order chi connectivity index (χ1) is 14.5. The highest BCUT2D eigenvalue weighted by Gasteiger charge is 2.26. The highest BCUT2D eigenvalue weighted by Crippen LogP contribution is 2.22. The number of rotatable bonds is 5. The Bertz CT molecular complexity index is 1010. The number of hydrogen-bond donors (Lipinski definition) is 1. The van der Waals surface area contributed by atoms with Crippen LogP contribution >= 0.6 is 11.3 Å². The summed E-state index contributed by atoms with van der Waals surface area (Å²) in [6, 6.07) is 5.58. The van der Waals surface area contributed by atoms with Gasteiger partial charge in [0.15, 0.2) is 0 Å². The van der Waals surface area contributed by atoms with Gasteiger partial charge in [0.2, 0.25) is 0 Å². The predicted molar refractivity (Wildman–Crippen MR) is 114 cm³/mol. The van der Waals surface area contributed by atoms with E-state index in [0.29, 0.717) is 24.5 Å². The van der Waals surface area contributed by atoms with Gasteiger partial charge in [-0.25, -0.2) is 19.2 Å². The van der Waals surface area contributed by atoms with E-state index in [0.717, 1.165) is 30.3 Å². The molecule has 9 heteroatoms. The van der Waals surface area contributed by atoms with Crippen LogP contribution < -0.4 is 5.32 Å². The van der Waals surface area contributed by atoms with Gasteiger partial charge in [0, 0.05) is 57.5 Å². The summed E-state index contributed by atoms with van der Waals surface area (Å²) in [6.07, 6.45) is 3.49. The number of thiazole rings is 1. The van der Waals surface area contributed by atoms with Crippen molar-refractivity contribution in [3.8, 4) is 0 Å². The van der Waals surface area contributed by atoms with Crippen molar-refractivity contribution in [3.63, 3.8) is 0 Å². The Balaban J connectivity index is 1.41. The molecule has 0 saturated carbocycles. The van der Waals surface area contributed by atoms with Crippen molar-refractivity contribution in [2.45, 2.75) is 19.5 Å². The monoisotopic (exact) mass is 428 g/mol. The Morgan fingerprint density at radius 1 is 1.30 bits per heavy atom. The molecule has 2 aromatic heterocycles. The van der Waals surface area contributed by atoms with E-state index in [1.54, 1.807) is 34.6 Å². The van der Waals surface area contributed by atoms with Crippen molar-refractivity contribution in [1.29, 1.82) is 0 Å². The highest BCUT2D eigenvalue weighted by atomic mass is 32.1. The summed E-state index contributed by atoms with van der Waals surface area (Å²) < 4.78 is 15.7. The summed E-state index contributed by atoms with van der Waals surface area (Å²) in [6.45, 7) is 5.65. The zero-order valence-corrected chi connectivity index (χ0v) is 17.9. The van der Waals surface area contributed by atoms with Gasteiger partial charge in [0.1, 0.15) is 17.7 Å². The molecule has 3 heterocycles. The van der Waals surface area contributed by atoms with Crippen molar-refractivity contribution >= 4 is 17.4 Å². The Morgan fingerprint density at radius 3 is 2.73 bits per heavy atom. The molecular formula is C21H25FN6OS. The van der Waals surface area contributed by atoms with Crippen LogP contribution in [-0.2, 0) is 13.6 Å². The third kappa shape index (κ3) is 4.68. The van der Waals surface area contributed by atoms with Gasteiger partial charge in [-0.3, -0.25) is 4.90 Å². The zero-order chi connectivity index (χ0) is 21.1. The molecule has 4 rings (SSSR count). The zero-order valence-electron chi connectivity index (χ0n) is 17.1. The van der Waals surface area contributed by atoms with E-state index < -0.39 is 6.04 Å². The van der Waals surface area contributed by atoms with Crippen LogP contribution in [0, 0.1) is 12.7 Å². The van der Waals surface area contributed by atoms with E-state index in [1.165, 1.54) is 12.1 Å². The molecule has 1 saturated heterocycles. The number of carbonyl (C=O) groups is 1. The van der Waals surface area contributed by atoms with E-state index in [2.05, 4.69) is 25.6 Å².